The Kier molecular flexibility index (Phi) is 10.6. The molecule has 8 heteroatoms. The average Bonchev–Trinajstić information content (AvgIpc) is 3.16. The molecule has 1 heterocycles. The van der Waals surface area contributed by atoms with Gasteiger partial charge in [-0.15, -0.1) is 0 Å². The van der Waals surface area contributed by atoms with Gasteiger partial charge in [0.1, 0.15) is 5.82 Å². The van der Waals surface area contributed by atoms with Crippen LogP contribution in [0.25, 0.3) is 0 Å². The number of hydrogen-bond donors (Lipinski definition) is 1. The predicted molar refractivity (Wildman–Crippen MR) is 122 cm³/mol. The van der Waals surface area contributed by atoms with Crippen LogP contribution in [0.5, 0.6) is 0 Å². The molecule has 3 amide bonds. The number of nitrogens with zero attached hydrogens (tertiary/aromatic N) is 3. The summed E-state index contributed by atoms with van der Waals surface area (Å²) in [6, 6.07) is 6.60. The molecule has 1 aromatic carbocycles. The summed E-state index contributed by atoms with van der Waals surface area (Å²) in [6.45, 7) is 7.14. The van der Waals surface area contributed by atoms with Crippen molar-refractivity contribution in [1.82, 2.24) is 20.0 Å². The topological polar surface area (TPSA) is 73.0 Å². The lowest BCUT2D eigenvalue weighted by Crippen LogP contribution is -2.46. The summed E-state index contributed by atoms with van der Waals surface area (Å²) >= 11 is 0. The first-order chi connectivity index (χ1) is 15.3. The van der Waals surface area contributed by atoms with E-state index in [9.17, 15) is 18.8 Å². The molecule has 0 saturated carbocycles. The van der Waals surface area contributed by atoms with Crippen molar-refractivity contribution in [2.75, 3.05) is 52.9 Å². The van der Waals surface area contributed by atoms with Gasteiger partial charge in [0.15, 0.2) is 0 Å². The van der Waals surface area contributed by atoms with Crippen LogP contribution in [0.1, 0.15) is 38.7 Å². The number of likely N-dealkylation sites (N-methyl/N-ethyl adjacent to an activating group) is 1. The number of amides is 3. The Morgan fingerprint density at radius 2 is 1.97 bits per heavy atom. The molecule has 178 valence electrons. The van der Waals surface area contributed by atoms with Crippen LogP contribution in [-0.2, 0) is 20.8 Å². The fourth-order valence-electron chi connectivity index (χ4n) is 3.77. The average molecular weight is 449 g/mol. The van der Waals surface area contributed by atoms with Gasteiger partial charge >= 0.3 is 0 Å². The number of hydrogen-bond acceptors (Lipinski definition) is 4. The molecule has 7 nitrogen and oxygen atoms in total. The highest BCUT2D eigenvalue weighted by molar-refractivity contribution is 5.85. The first kappa shape index (κ1) is 25.8. The first-order valence-corrected chi connectivity index (χ1v) is 11.5. The van der Waals surface area contributed by atoms with Crippen LogP contribution in [0.3, 0.4) is 0 Å². The lowest BCUT2D eigenvalue weighted by atomic mass is 10.1. The molecule has 0 bridgehead atoms. The van der Waals surface area contributed by atoms with Crippen molar-refractivity contribution in [3.05, 3.63) is 35.6 Å². The molecular weight excluding hydrogens is 411 g/mol. The standard InChI is InChI=1S/C24H37FN4O3/c1-19(2)17-29(23(31)16-26-12-11-20-8-4-5-9-21(20)25)18-24(32)27(3)13-7-15-28-14-6-10-22(28)30/h4-5,8-9,19,26H,6-7,10-18H2,1-3H3. The molecule has 0 aliphatic carbocycles. The monoisotopic (exact) mass is 448 g/mol. The minimum absolute atomic E-state index is 0.0329. The smallest absolute Gasteiger partial charge is 0.241 e. The molecule has 1 aliphatic heterocycles. The van der Waals surface area contributed by atoms with E-state index in [4.69, 9.17) is 0 Å². The van der Waals surface area contributed by atoms with Crippen LogP contribution in [0.2, 0.25) is 0 Å². The van der Waals surface area contributed by atoms with Gasteiger partial charge in [0.2, 0.25) is 17.7 Å². The van der Waals surface area contributed by atoms with Crippen LogP contribution in [0.4, 0.5) is 4.39 Å². The molecule has 2 rings (SSSR count). The van der Waals surface area contributed by atoms with Gasteiger partial charge in [-0.3, -0.25) is 14.4 Å². The molecule has 0 spiro atoms. The normalized spacial score (nSPS) is 13.7. The van der Waals surface area contributed by atoms with Crippen LogP contribution in [0, 0.1) is 11.7 Å². The summed E-state index contributed by atoms with van der Waals surface area (Å²) in [4.78, 5) is 42.1. The van der Waals surface area contributed by atoms with Gasteiger partial charge in [-0.25, -0.2) is 4.39 Å². The number of benzene rings is 1. The summed E-state index contributed by atoms with van der Waals surface area (Å²) in [6.07, 6.45) is 2.75. The Morgan fingerprint density at radius 3 is 2.62 bits per heavy atom. The lowest BCUT2D eigenvalue weighted by Gasteiger charge is -2.27. The fourth-order valence-corrected chi connectivity index (χ4v) is 3.77. The van der Waals surface area contributed by atoms with E-state index < -0.39 is 0 Å². The highest BCUT2D eigenvalue weighted by atomic mass is 19.1. The van der Waals surface area contributed by atoms with Gasteiger partial charge in [0.05, 0.1) is 13.1 Å². The lowest BCUT2D eigenvalue weighted by molar-refractivity contribution is -0.139. The van der Waals surface area contributed by atoms with Gasteiger partial charge in [-0.05, 0) is 43.4 Å². The van der Waals surface area contributed by atoms with E-state index in [0.717, 1.165) is 19.4 Å². The van der Waals surface area contributed by atoms with Gasteiger partial charge in [-0.1, -0.05) is 32.0 Å². The zero-order chi connectivity index (χ0) is 23.5. The molecule has 1 saturated heterocycles. The number of likely N-dealkylation sites (tertiary alicyclic amines) is 1. The zero-order valence-electron chi connectivity index (χ0n) is 19.6. The molecule has 1 aromatic rings. The SMILES string of the molecule is CC(C)CN(CC(=O)N(C)CCCN1CCCC1=O)C(=O)CNCCc1ccccc1F. The maximum absolute atomic E-state index is 13.7. The van der Waals surface area contributed by atoms with Crippen molar-refractivity contribution in [2.45, 2.75) is 39.5 Å². The van der Waals surface area contributed by atoms with E-state index in [1.807, 2.05) is 18.7 Å². The van der Waals surface area contributed by atoms with Crippen molar-refractivity contribution in [1.29, 1.82) is 0 Å². The molecule has 0 unspecified atom stereocenters. The highest BCUT2D eigenvalue weighted by Crippen LogP contribution is 2.10. The van der Waals surface area contributed by atoms with Gasteiger partial charge in [0, 0.05) is 39.6 Å². The Labute approximate surface area is 190 Å². The summed E-state index contributed by atoms with van der Waals surface area (Å²) in [5.74, 6) is -0.0774. The Balaban J connectivity index is 1.75. The molecule has 32 heavy (non-hydrogen) atoms. The van der Waals surface area contributed by atoms with Gasteiger partial charge in [0.25, 0.3) is 0 Å². The van der Waals surface area contributed by atoms with Crippen molar-refractivity contribution in [2.24, 2.45) is 5.92 Å². The van der Waals surface area contributed by atoms with Crippen molar-refractivity contribution >= 4 is 17.7 Å². The quantitative estimate of drug-likeness (QED) is 0.468. The van der Waals surface area contributed by atoms with Crippen molar-refractivity contribution in [3.63, 3.8) is 0 Å². The number of carbonyl (C=O) groups excluding carboxylic acids is 3. The third-order valence-corrected chi connectivity index (χ3v) is 5.59. The molecule has 0 radical (unpaired) electrons. The maximum atomic E-state index is 13.7. The second kappa shape index (κ2) is 13.2. The van der Waals surface area contributed by atoms with Gasteiger partial charge in [-0.2, -0.15) is 0 Å². The fraction of sp³-hybridized carbons (Fsp3) is 0.625. The third kappa shape index (κ3) is 8.57. The van der Waals surface area contributed by atoms with E-state index in [0.29, 0.717) is 44.6 Å². The van der Waals surface area contributed by atoms with E-state index in [-0.39, 0.29) is 42.5 Å². The minimum Gasteiger partial charge on any atom is -0.344 e. The molecule has 1 fully saturated rings. The Hall–Kier alpha value is -2.48. The predicted octanol–water partition coefficient (Wildman–Crippen LogP) is 1.91. The molecule has 1 aliphatic rings. The van der Waals surface area contributed by atoms with E-state index in [2.05, 4.69) is 5.32 Å². The highest BCUT2D eigenvalue weighted by Gasteiger charge is 2.22. The Morgan fingerprint density at radius 1 is 1.22 bits per heavy atom. The van der Waals surface area contributed by atoms with Crippen LogP contribution >= 0.6 is 0 Å². The molecule has 0 atom stereocenters. The zero-order valence-corrected chi connectivity index (χ0v) is 19.6. The number of rotatable bonds is 13. The third-order valence-electron chi connectivity index (χ3n) is 5.59. The second-order valence-electron chi connectivity index (χ2n) is 8.84. The first-order valence-electron chi connectivity index (χ1n) is 11.5. The molecule has 1 N–H and O–H groups in total. The summed E-state index contributed by atoms with van der Waals surface area (Å²) in [5, 5.41) is 3.07. The summed E-state index contributed by atoms with van der Waals surface area (Å²) < 4.78 is 13.7. The van der Waals surface area contributed by atoms with Crippen LogP contribution in [0.15, 0.2) is 24.3 Å². The van der Waals surface area contributed by atoms with Crippen molar-refractivity contribution in [3.8, 4) is 0 Å². The minimum atomic E-state index is -0.246. The number of carbonyl (C=O) groups is 3. The largest absolute Gasteiger partial charge is 0.344 e. The van der Waals surface area contributed by atoms with Crippen LogP contribution < -0.4 is 5.32 Å². The summed E-state index contributed by atoms with van der Waals surface area (Å²) in [5.41, 5.74) is 0.610. The van der Waals surface area contributed by atoms with E-state index in [1.54, 1.807) is 35.0 Å². The van der Waals surface area contributed by atoms with Gasteiger partial charge < -0.3 is 20.0 Å². The summed E-state index contributed by atoms with van der Waals surface area (Å²) in [7, 11) is 1.73. The van der Waals surface area contributed by atoms with E-state index >= 15 is 0 Å². The van der Waals surface area contributed by atoms with Crippen molar-refractivity contribution < 1.29 is 18.8 Å². The number of nitrogens with one attached hydrogen (secondary N) is 1. The number of halogens is 1. The van der Waals surface area contributed by atoms with E-state index in [1.165, 1.54) is 6.07 Å². The molecule has 0 aromatic heterocycles. The Bertz CT molecular complexity index is 771. The molecular formula is C24H37FN4O3. The maximum Gasteiger partial charge on any atom is 0.241 e. The second-order valence-corrected chi connectivity index (χ2v) is 8.84. The van der Waals surface area contributed by atoms with Crippen LogP contribution in [-0.4, -0.2) is 85.3 Å².